The SMILES string of the molecule is CC(C)(O)O.CO[C@H]1CC[C@@H](N)[C@H](C)O1. The lowest BCUT2D eigenvalue weighted by atomic mass is 10.0. The van der Waals surface area contributed by atoms with E-state index < -0.39 is 5.79 Å². The van der Waals surface area contributed by atoms with E-state index in [2.05, 4.69) is 0 Å². The van der Waals surface area contributed by atoms with Crippen LogP contribution in [0.5, 0.6) is 0 Å². The Morgan fingerprint density at radius 2 is 1.80 bits per heavy atom. The smallest absolute Gasteiger partial charge is 0.157 e. The van der Waals surface area contributed by atoms with Crippen molar-refractivity contribution in [3.63, 3.8) is 0 Å². The van der Waals surface area contributed by atoms with Crippen LogP contribution in [0.1, 0.15) is 33.6 Å². The van der Waals surface area contributed by atoms with E-state index in [1.807, 2.05) is 6.92 Å². The third-order valence-corrected chi connectivity index (χ3v) is 1.97. The van der Waals surface area contributed by atoms with E-state index >= 15 is 0 Å². The molecule has 0 amide bonds. The Balaban J connectivity index is 0.000000336. The molecule has 1 saturated heterocycles. The molecule has 0 aromatic carbocycles. The lowest BCUT2D eigenvalue weighted by Crippen LogP contribution is -2.42. The second-order valence-electron chi connectivity index (χ2n) is 4.24. The summed E-state index contributed by atoms with van der Waals surface area (Å²) in [6.45, 7) is 4.58. The molecule has 3 atom stereocenters. The molecule has 1 heterocycles. The van der Waals surface area contributed by atoms with Gasteiger partial charge in [0.25, 0.3) is 0 Å². The van der Waals surface area contributed by atoms with Crippen molar-refractivity contribution >= 4 is 0 Å². The Morgan fingerprint density at radius 3 is 2.13 bits per heavy atom. The van der Waals surface area contributed by atoms with Gasteiger partial charge in [0.05, 0.1) is 6.10 Å². The molecule has 1 fully saturated rings. The molecule has 5 heteroatoms. The third kappa shape index (κ3) is 8.77. The van der Waals surface area contributed by atoms with Gasteiger partial charge in [-0.25, -0.2) is 0 Å². The van der Waals surface area contributed by atoms with E-state index in [1.54, 1.807) is 7.11 Å². The number of rotatable bonds is 1. The maximum Gasteiger partial charge on any atom is 0.157 e. The van der Waals surface area contributed by atoms with E-state index in [4.69, 9.17) is 25.4 Å². The first-order valence-electron chi connectivity index (χ1n) is 5.12. The molecule has 0 aromatic heterocycles. The lowest BCUT2D eigenvalue weighted by molar-refractivity contribution is -0.180. The summed E-state index contributed by atoms with van der Waals surface area (Å²) in [6.07, 6.45) is 2.02. The normalized spacial score (nSPS) is 31.8. The Labute approximate surface area is 91.2 Å². The zero-order valence-electron chi connectivity index (χ0n) is 9.93. The highest BCUT2D eigenvalue weighted by molar-refractivity contribution is 4.74. The molecular weight excluding hydrogens is 198 g/mol. The summed E-state index contributed by atoms with van der Waals surface area (Å²) in [5, 5.41) is 16.2. The Morgan fingerprint density at radius 1 is 1.33 bits per heavy atom. The van der Waals surface area contributed by atoms with Crippen LogP contribution in [0.15, 0.2) is 0 Å². The first-order valence-corrected chi connectivity index (χ1v) is 5.12. The number of nitrogens with two attached hydrogens (primary N) is 1. The van der Waals surface area contributed by atoms with Crippen LogP contribution < -0.4 is 5.73 Å². The third-order valence-electron chi connectivity index (χ3n) is 1.97. The molecular formula is C10H23NO4. The second kappa shape index (κ2) is 6.40. The van der Waals surface area contributed by atoms with Crippen molar-refractivity contribution in [2.45, 2.75) is 57.8 Å². The standard InChI is InChI=1S/C7H15NO2.C3H8O2/c1-5-6(8)3-4-7(9-2)10-5;1-3(2,4)5/h5-7H,3-4,8H2,1-2H3;4-5H,1-2H3/t5-,6+,7+;/m0./s1. The molecule has 0 aliphatic carbocycles. The first-order chi connectivity index (χ1) is 6.74. The van der Waals surface area contributed by atoms with Crippen molar-refractivity contribution in [2.24, 2.45) is 5.73 Å². The summed E-state index contributed by atoms with van der Waals surface area (Å²) in [7, 11) is 1.66. The predicted octanol–water partition coefficient (Wildman–Crippen LogP) is 0.192. The minimum atomic E-state index is -1.50. The average Bonchev–Trinajstić information content (AvgIpc) is 2.07. The molecule has 1 aliphatic heterocycles. The molecule has 92 valence electrons. The van der Waals surface area contributed by atoms with Crippen LogP contribution in [-0.2, 0) is 9.47 Å². The van der Waals surface area contributed by atoms with Crippen molar-refractivity contribution in [3.8, 4) is 0 Å². The van der Waals surface area contributed by atoms with Crippen molar-refractivity contribution in [2.75, 3.05) is 7.11 Å². The highest BCUT2D eigenvalue weighted by atomic mass is 16.7. The lowest BCUT2D eigenvalue weighted by Gasteiger charge is -2.31. The molecule has 0 spiro atoms. The fourth-order valence-electron chi connectivity index (χ4n) is 1.15. The van der Waals surface area contributed by atoms with Gasteiger partial charge >= 0.3 is 0 Å². The number of hydrogen-bond donors (Lipinski definition) is 3. The van der Waals surface area contributed by atoms with Gasteiger partial charge in [-0.05, 0) is 33.6 Å². The van der Waals surface area contributed by atoms with Gasteiger partial charge in [-0.15, -0.1) is 0 Å². The van der Waals surface area contributed by atoms with E-state index in [0.717, 1.165) is 12.8 Å². The van der Waals surface area contributed by atoms with Crippen molar-refractivity contribution in [3.05, 3.63) is 0 Å². The van der Waals surface area contributed by atoms with Crippen LogP contribution in [-0.4, -0.2) is 41.5 Å². The summed E-state index contributed by atoms with van der Waals surface area (Å²) >= 11 is 0. The molecule has 15 heavy (non-hydrogen) atoms. The van der Waals surface area contributed by atoms with E-state index in [-0.39, 0.29) is 18.4 Å². The highest BCUT2D eigenvalue weighted by Crippen LogP contribution is 2.17. The van der Waals surface area contributed by atoms with Gasteiger partial charge in [0.2, 0.25) is 0 Å². The van der Waals surface area contributed by atoms with Crippen molar-refractivity contribution in [1.82, 2.24) is 0 Å². The fraction of sp³-hybridized carbons (Fsp3) is 1.00. The van der Waals surface area contributed by atoms with Crippen LogP contribution in [0.2, 0.25) is 0 Å². The predicted molar refractivity (Wildman–Crippen MR) is 57.1 cm³/mol. The highest BCUT2D eigenvalue weighted by Gasteiger charge is 2.24. The van der Waals surface area contributed by atoms with Gasteiger partial charge in [0.1, 0.15) is 0 Å². The molecule has 1 rings (SSSR count). The molecule has 0 bridgehead atoms. The van der Waals surface area contributed by atoms with E-state index in [9.17, 15) is 0 Å². The summed E-state index contributed by atoms with van der Waals surface area (Å²) in [6, 6.07) is 0.186. The zero-order valence-corrected chi connectivity index (χ0v) is 9.93. The molecule has 5 nitrogen and oxygen atoms in total. The maximum atomic E-state index is 8.08. The largest absolute Gasteiger partial charge is 0.366 e. The summed E-state index contributed by atoms with van der Waals surface area (Å²) in [5.74, 6) is -1.50. The first kappa shape index (κ1) is 14.8. The van der Waals surface area contributed by atoms with E-state index in [1.165, 1.54) is 13.8 Å². The maximum absolute atomic E-state index is 8.08. The van der Waals surface area contributed by atoms with Crippen molar-refractivity contribution < 1.29 is 19.7 Å². The van der Waals surface area contributed by atoms with Crippen LogP contribution in [0.25, 0.3) is 0 Å². The number of methoxy groups -OCH3 is 1. The van der Waals surface area contributed by atoms with E-state index in [0.29, 0.717) is 0 Å². The summed E-state index contributed by atoms with van der Waals surface area (Å²) in [5.41, 5.74) is 5.71. The average molecular weight is 221 g/mol. The summed E-state index contributed by atoms with van der Waals surface area (Å²) in [4.78, 5) is 0. The topological polar surface area (TPSA) is 84.9 Å². The minimum absolute atomic E-state index is 0.0326. The van der Waals surface area contributed by atoms with Crippen LogP contribution in [0.4, 0.5) is 0 Å². The molecule has 0 unspecified atom stereocenters. The van der Waals surface area contributed by atoms with Gasteiger partial charge in [0.15, 0.2) is 12.1 Å². The van der Waals surface area contributed by atoms with Crippen molar-refractivity contribution in [1.29, 1.82) is 0 Å². The number of hydrogen-bond acceptors (Lipinski definition) is 5. The minimum Gasteiger partial charge on any atom is -0.366 e. The van der Waals surface area contributed by atoms with Crippen LogP contribution >= 0.6 is 0 Å². The molecule has 4 N–H and O–H groups in total. The van der Waals surface area contributed by atoms with Gasteiger partial charge in [-0.3, -0.25) is 0 Å². The van der Waals surface area contributed by atoms with Gasteiger partial charge < -0.3 is 25.4 Å². The fourth-order valence-corrected chi connectivity index (χ4v) is 1.15. The number of ether oxygens (including phenoxy) is 2. The molecule has 0 radical (unpaired) electrons. The monoisotopic (exact) mass is 221 g/mol. The molecule has 0 aromatic rings. The van der Waals surface area contributed by atoms with Crippen LogP contribution in [0, 0.1) is 0 Å². The Kier molecular flexibility index (Phi) is 6.31. The van der Waals surface area contributed by atoms with Gasteiger partial charge in [-0.2, -0.15) is 0 Å². The Bertz CT molecular complexity index is 163. The second-order valence-corrected chi connectivity index (χ2v) is 4.24. The quantitative estimate of drug-likeness (QED) is 0.550. The summed E-state index contributed by atoms with van der Waals surface area (Å²) < 4.78 is 10.4. The molecule has 1 aliphatic rings. The van der Waals surface area contributed by atoms with Crippen LogP contribution in [0.3, 0.4) is 0 Å². The number of aliphatic hydroxyl groups is 2. The Hall–Kier alpha value is -0.200. The molecule has 0 saturated carbocycles. The van der Waals surface area contributed by atoms with Gasteiger partial charge in [-0.1, -0.05) is 0 Å². The van der Waals surface area contributed by atoms with Gasteiger partial charge in [0, 0.05) is 13.2 Å². The zero-order chi connectivity index (χ0) is 12.1.